The maximum absolute atomic E-state index is 14.7. The number of ether oxygens (including phenoxy) is 2. The van der Waals surface area contributed by atoms with Gasteiger partial charge < -0.3 is 20.1 Å². The number of methoxy groups -OCH3 is 2. The Balaban J connectivity index is 1.44. The molecule has 0 fully saturated rings. The number of hydrogen-bond donors (Lipinski definition) is 1. The Morgan fingerprint density at radius 2 is 1.26 bits per heavy atom. The first kappa shape index (κ1) is 27.1. The molecule has 0 heterocycles. The quantitative estimate of drug-likeness (QED) is 0.208. The van der Waals surface area contributed by atoms with Crippen LogP contribution in [-0.2, 0) is 12.8 Å². The van der Waals surface area contributed by atoms with Gasteiger partial charge in [0, 0.05) is 18.7 Å². The van der Waals surface area contributed by atoms with E-state index in [1.165, 1.54) is 0 Å². The highest BCUT2D eigenvalue weighted by atomic mass is 16.5. The summed E-state index contributed by atoms with van der Waals surface area (Å²) in [5.41, 5.74) is 12.5. The number of amides is 2. The molecule has 2 amide bonds. The van der Waals surface area contributed by atoms with Crippen LogP contribution in [-0.4, -0.2) is 44.0 Å². The third-order valence-electron chi connectivity index (χ3n) is 8.03. The zero-order valence-corrected chi connectivity index (χ0v) is 23.7. The molecule has 42 heavy (non-hydrogen) atoms. The van der Waals surface area contributed by atoms with Crippen molar-refractivity contribution < 1.29 is 19.1 Å². The van der Waals surface area contributed by atoms with E-state index in [0.29, 0.717) is 31.5 Å². The number of primary amides is 1. The second-order valence-corrected chi connectivity index (χ2v) is 10.5. The Kier molecular flexibility index (Phi) is 7.36. The molecule has 0 saturated carbocycles. The lowest BCUT2D eigenvalue weighted by Gasteiger charge is -2.26. The fourth-order valence-corrected chi connectivity index (χ4v) is 5.96. The van der Waals surface area contributed by atoms with Crippen LogP contribution >= 0.6 is 0 Å². The maximum atomic E-state index is 14.7. The molecule has 0 aromatic heterocycles. The Bertz CT molecular complexity index is 1780. The molecule has 0 bridgehead atoms. The summed E-state index contributed by atoms with van der Waals surface area (Å²) < 4.78 is 10.8. The van der Waals surface area contributed by atoms with Gasteiger partial charge in [0.1, 0.15) is 11.5 Å². The molecular formula is C36H32N2O4. The topological polar surface area (TPSA) is 81.9 Å². The number of nitrogens with zero attached hydrogens (tertiary/aromatic N) is 1. The van der Waals surface area contributed by atoms with Crippen molar-refractivity contribution in [2.45, 2.75) is 12.8 Å². The van der Waals surface area contributed by atoms with E-state index in [0.717, 1.165) is 55.7 Å². The molecule has 6 heteroatoms. The van der Waals surface area contributed by atoms with E-state index in [2.05, 4.69) is 12.1 Å². The smallest absolute Gasteiger partial charge is 0.255 e. The van der Waals surface area contributed by atoms with Gasteiger partial charge in [-0.3, -0.25) is 9.59 Å². The number of fused-ring (bicyclic) bond motifs is 3. The van der Waals surface area contributed by atoms with Crippen LogP contribution < -0.4 is 15.2 Å². The molecule has 6 rings (SSSR count). The predicted octanol–water partition coefficient (Wildman–Crippen LogP) is 6.53. The van der Waals surface area contributed by atoms with Crippen LogP contribution in [0.1, 0.15) is 31.8 Å². The van der Waals surface area contributed by atoms with Gasteiger partial charge in [0.2, 0.25) is 5.91 Å². The van der Waals surface area contributed by atoms with Crippen molar-refractivity contribution in [3.05, 3.63) is 119 Å². The highest BCUT2D eigenvalue weighted by molar-refractivity contribution is 6.24. The summed E-state index contributed by atoms with van der Waals surface area (Å²) in [6, 6.07) is 31.5. The Hall–Kier alpha value is -5.10. The lowest BCUT2D eigenvalue weighted by Crippen LogP contribution is -2.36. The Morgan fingerprint density at radius 1 is 0.690 bits per heavy atom. The van der Waals surface area contributed by atoms with Crippen LogP contribution in [0.4, 0.5) is 0 Å². The largest absolute Gasteiger partial charge is 0.497 e. The summed E-state index contributed by atoms with van der Waals surface area (Å²) in [4.78, 5) is 29.4. The summed E-state index contributed by atoms with van der Waals surface area (Å²) in [5.74, 6) is 0.707. The molecule has 1 aliphatic carbocycles. The molecule has 0 saturated heterocycles. The number of carbonyl (C=O) groups is 2. The van der Waals surface area contributed by atoms with Gasteiger partial charge in [-0.25, -0.2) is 0 Å². The van der Waals surface area contributed by atoms with E-state index in [1.54, 1.807) is 20.3 Å². The van der Waals surface area contributed by atoms with Crippen molar-refractivity contribution in [1.82, 2.24) is 4.90 Å². The molecule has 5 aromatic carbocycles. The fraction of sp³-hybridized carbons (Fsp3) is 0.167. The first-order valence-corrected chi connectivity index (χ1v) is 14.0. The Morgan fingerprint density at radius 3 is 1.86 bits per heavy atom. The minimum absolute atomic E-state index is 0.210. The van der Waals surface area contributed by atoms with Gasteiger partial charge in [0.15, 0.2) is 0 Å². The number of rotatable bonds is 10. The number of hydrogen-bond acceptors (Lipinski definition) is 4. The molecule has 6 nitrogen and oxygen atoms in total. The summed E-state index contributed by atoms with van der Waals surface area (Å²) in [6.45, 7) is 0.907. The molecule has 0 spiro atoms. The standard InChI is InChI=1S/C36H32N2O4/c1-41-26-11-5-8-23(20-26)16-18-38(19-17-24-9-6-12-27(21-24)42-2)36(40)34-31(35(37)39)22-25-10-7-15-29-28-13-3-4-14-30(28)33(34)32(25)29/h3-15,20-22H,16-19H2,1-2H3,(H2,37,39). The lowest BCUT2D eigenvalue weighted by atomic mass is 9.91. The van der Waals surface area contributed by atoms with Crippen LogP contribution in [0.2, 0.25) is 0 Å². The van der Waals surface area contributed by atoms with Crippen molar-refractivity contribution in [2.75, 3.05) is 27.3 Å². The minimum Gasteiger partial charge on any atom is -0.497 e. The van der Waals surface area contributed by atoms with Crippen LogP contribution in [0.15, 0.2) is 97.1 Å². The van der Waals surface area contributed by atoms with Crippen molar-refractivity contribution in [1.29, 1.82) is 0 Å². The second-order valence-electron chi connectivity index (χ2n) is 10.5. The molecule has 0 radical (unpaired) electrons. The van der Waals surface area contributed by atoms with E-state index < -0.39 is 5.91 Å². The van der Waals surface area contributed by atoms with Gasteiger partial charge in [-0.1, -0.05) is 66.7 Å². The SMILES string of the molecule is COc1cccc(CCN(CCc2cccc(OC)c2)C(=O)c2c(C(N)=O)cc3cccc4c3c2-c2ccccc2-4)c1. The Labute approximate surface area is 245 Å². The number of nitrogens with two attached hydrogens (primary N) is 1. The average molecular weight is 557 g/mol. The number of carbonyl (C=O) groups excluding carboxylic acids is 2. The molecule has 5 aromatic rings. The minimum atomic E-state index is -0.619. The van der Waals surface area contributed by atoms with Crippen molar-refractivity contribution >= 4 is 22.6 Å². The van der Waals surface area contributed by atoms with E-state index in [4.69, 9.17) is 15.2 Å². The van der Waals surface area contributed by atoms with Crippen LogP contribution in [0.3, 0.4) is 0 Å². The average Bonchev–Trinajstić information content (AvgIpc) is 3.36. The maximum Gasteiger partial charge on any atom is 0.255 e. The van der Waals surface area contributed by atoms with Gasteiger partial charge in [-0.2, -0.15) is 0 Å². The van der Waals surface area contributed by atoms with Gasteiger partial charge in [0.25, 0.3) is 5.91 Å². The van der Waals surface area contributed by atoms with E-state index in [9.17, 15) is 9.59 Å². The third kappa shape index (κ3) is 4.96. The number of benzene rings is 5. The van der Waals surface area contributed by atoms with Gasteiger partial charge in [0.05, 0.1) is 25.3 Å². The summed E-state index contributed by atoms with van der Waals surface area (Å²) in [7, 11) is 3.28. The van der Waals surface area contributed by atoms with E-state index in [1.807, 2.05) is 83.8 Å². The zero-order chi connectivity index (χ0) is 29.2. The molecule has 1 aliphatic rings. The van der Waals surface area contributed by atoms with Gasteiger partial charge in [-0.05, 0) is 81.8 Å². The molecule has 0 unspecified atom stereocenters. The summed E-state index contributed by atoms with van der Waals surface area (Å²) in [5, 5.41) is 1.87. The van der Waals surface area contributed by atoms with Crippen molar-refractivity contribution in [3.8, 4) is 33.8 Å². The molecular weight excluding hydrogens is 524 g/mol. The van der Waals surface area contributed by atoms with Crippen LogP contribution in [0, 0.1) is 0 Å². The normalized spacial score (nSPS) is 11.3. The van der Waals surface area contributed by atoms with E-state index >= 15 is 0 Å². The first-order valence-electron chi connectivity index (χ1n) is 14.0. The second kappa shape index (κ2) is 11.4. The highest BCUT2D eigenvalue weighted by Gasteiger charge is 2.32. The monoisotopic (exact) mass is 556 g/mol. The van der Waals surface area contributed by atoms with Crippen molar-refractivity contribution in [2.24, 2.45) is 5.73 Å². The van der Waals surface area contributed by atoms with E-state index in [-0.39, 0.29) is 11.5 Å². The highest BCUT2D eigenvalue weighted by Crippen LogP contribution is 2.49. The fourth-order valence-electron chi connectivity index (χ4n) is 5.96. The van der Waals surface area contributed by atoms with Crippen LogP contribution in [0.5, 0.6) is 11.5 Å². The molecule has 0 aliphatic heterocycles. The summed E-state index contributed by atoms with van der Waals surface area (Å²) >= 11 is 0. The molecule has 2 N–H and O–H groups in total. The predicted molar refractivity (Wildman–Crippen MR) is 166 cm³/mol. The summed E-state index contributed by atoms with van der Waals surface area (Å²) in [6.07, 6.45) is 1.25. The third-order valence-corrected chi connectivity index (χ3v) is 8.03. The molecule has 0 atom stereocenters. The van der Waals surface area contributed by atoms with Gasteiger partial charge in [-0.15, -0.1) is 0 Å². The molecule has 210 valence electrons. The lowest BCUT2D eigenvalue weighted by molar-refractivity contribution is 0.0755. The van der Waals surface area contributed by atoms with Crippen LogP contribution in [0.25, 0.3) is 33.0 Å². The zero-order valence-electron chi connectivity index (χ0n) is 23.7. The van der Waals surface area contributed by atoms with Gasteiger partial charge >= 0.3 is 0 Å². The van der Waals surface area contributed by atoms with Crippen molar-refractivity contribution in [3.63, 3.8) is 0 Å². The first-order chi connectivity index (χ1) is 20.5.